The Bertz CT molecular complexity index is 534. The van der Waals surface area contributed by atoms with Gasteiger partial charge in [-0.25, -0.2) is 0 Å². The quantitative estimate of drug-likeness (QED) is 0.917. The lowest BCUT2D eigenvalue weighted by Crippen LogP contribution is -2.41. The number of piperidine rings is 2. The van der Waals surface area contributed by atoms with Crippen molar-refractivity contribution in [3.63, 3.8) is 0 Å². The van der Waals surface area contributed by atoms with Crippen molar-refractivity contribution >= 4 is 17.3 Å². The Hall–Kier alpha value is -1.71. The maximum Gasteiger partial charge on any atom is 0.241 e. The van der Waals surface area contributed by atoms with Gasteiger partial charge in [-0.3, -0.25) is 4.79 Å². The Balaban J connectivity index is 1.48. The molecule has 0 bridgehead atoms. The molecule has 3 rings (SSSR count). The third-order valence-electron chi connectivity index (χ3n) is 5.47. The lowest BCUT2D eigenvalue weighted by Gasteiger charge is -2.32. The third-order valence-corrected chi connectivity index (χ3v) is 5.47. The van der Waals surface area contributed by atoms with Gasteiger partial charge in [0.25, 0.3) is 0 Å². The van der Waals surface area contributed by atoms with E-state index in [9.17, 15) is 4.79 Å². The highest BCUT2D eigenvalue weighted by molar-refractivity contribution is 5.81. The van der Waals surface area contributed by atoms with Gasteiger partial charge in [-0.15, -0.1) is 0 Å². The van der Waals surface area contributed by atoms with E-state index >= 15 is 0 Å². The number of rotatable bonds is 4. The summed E-state index contributed by atoms with van der Waals surface area (Å²) in [4.78, 5) is 16.8. The van der Waals surface area contributed by atoms with Crippen LogP contribution in [0.5, 0.6) is 0 Å². The smallest absolute Gasteiger partial charge is 0.241 e. The van der Waals surface area contributed by atoms with Crippen LogP contribution in [0.1, 0.15) is 39.5 Å². The zero-order valence-electron chi connectivity index (χ0n) is 15.1. The van der Waals surface area contributed by atoms with E-state index in [-0.39, 0.29) is 5.91 Å². The second kappa shape index (κ2) is 7.91. The highest BCUT2D eigenvalue weighted by Gasteiger charge is 2.20. The Morgan fingerprint density at radius 3 is 2.42 bits per heavy atom. The lowest BCUT2D eigenvalue weighted by molar-refractivity contribution is -0.130. The Morgan fingerprint density at radius 1 is 1.04 bits per heavy atom. The molecule has 4 nitrogen and oxygen atoms in total. The van der Waals surface area contributed by atoms with Crippen LogP contribution in [0.15, 0.2) is 24.3 Å². The lowest BCUT2D eigenvalue weighted by atomic mass is 9.99. The third kappa shape index (κ3) is 4.43. The molecule has 132 valence electrons. The number of nitrogens with one attached hydrogen (secondary N) is 1. The summed E-state index contributed by atoms with van der Waals surface area (Å²) < 4.78 is 0. The second-order valence-corrected chi connectivity index (χ2v) is 7.66. The zero-order chi connectivity index (χ0) is 16.9. The zero-order valence-corrected chi connectivity index (χ0v) is 15.1. The first-order valence-electron chi connectivity index (χ1n) is 9.48. The van der Waals surface area contributed by atoms with Gasteiger partial charge >= 0.3 is 0 Å². The largest absolute Gasteiger partial charge is 0.376 e. The maximum atomic E-state index is 12.3. The average Bonchev–Trinajstić information content (AvgIpc) is 2.61. The van der Waals surface area contributed by atoms with Gasteiger partial charge in [0.15, 0.2) is 0 Å². The van der Waals surface area contributed by atoms with Gasteiger partial charge in [0, 0.05) is 37.6 Å². The van der Waals surface area contributed by atoms with Gasteiger partial charge in [0.2, 0.25) is 5.91 Å². The molecule has 4 heteroatoms. The minimum absolute atomic E-state index is 0.218. The van der Waals surface area contributed by atoms with E-state index in [1.165, 1.54) is 24.9 Å². The van der Waals surface area contributed by atoms with Crippen molar-refractivity contribution in [2.24, 2.45) is 11.8 Å². The number of hydrogen-bond donors (Lipinski definition) is 1. The molecule has 0 aliphatic carbocycles. The molecule has 0 saturated carbocycles. The van der Waals surface area contributed by atoms with Crippen LogP contribution in [0.3, 0.4) is 0 Å². The van der Waals surface area contributed by atoms with Crippen LogP contribution in [0, 0.1) is 11.8 Å². The molecule has 0 aromatic heterocycles. The number of benzene rings is 1. The molecule has 2 aliphatic heterocycles. The Kier molecular flexibility index (Phi) is 5.64. The standard InChI is InChI=1S/C20H31N3O/c1-16-9-12-22(13-10-16)19-7-5-18(6-8-19)21-14-20(24)23-11-3-4-17(2)15-23/h5-8,16-17,21H,3-4,9-15H2,1-2H3. The molecular formula is C20H31N3O. The summed E-state index contributed by atoms with van der Waals surface area (Å²) in [6, 6.07) is 8.54. The normalized spacial score (nSPS) is 22.5. The monoisotopic (exact) mass is 329 g/mol. The minimum atomic E-state index is 0.218. The van der Waals surface area contributed by atoms with Gasteiger partial charge in [-0.2, -0.15) is 0 Å². The molecule has 1 amide bonds. The van der Waals surface area contributed by atoms with E-state index < -0.39 is 0 Å². The van der Waals surface area contributed by atoms with E-state index in [1.54, 1.807) is 0 Å². The van der Waals surface area contributed by atoms with Crippen LogP contribution in [-0.4, -0.2) is 43.5 Å². The summed E-state index contributed by atoms with van der Waals surface area (Å²) in [6.45, 7) is 9.09. The highest BCUT2D eigenvalue weighted by Crippen LogP contribution is 2.24. The molecule has 24 heavy (non-hydrogen) atoms. The molecule has 0 radical (unpaired) electrons. The summed E-state index contributed by atoms with van der Waals surface area (Å²) in [5.74, 6) is 1.70. The molecule has 1 aromatic carbocycles. The van der Waals surface area contributed by atoms with Crippen LogP contribution < -0.4 is 10.2 Å². The van der Waals surface area contributed by atoms with Gasteiger partial charge in [0.05, 0.1) is 6.54 Å². The summed E-state index contributed by atoms with van der Waals surface area (Å²) in [7, 11) is 0. The topological polar surface area (TPSA) is 35.6 Å². The van der Waals surface area contributed by atoms with Crippen LogP contribution >= 0.6 is 0 Å². The first kappa shape index (κ1) is 17.1. The first-order valence-corrected chi connectivity index (χ1v) is 9.48. The second-order valence-electron chi connectivity index (χ2n) is 7.66. The molecule has 2 aliphatic rings. The predicted molar refractivity (Wildman–Crippen MR) is 101 cm³/mol. The molecule has 1 aromatic rings. The van der Waals surface area contributed by atoms with Crippen LogP contribution in [0.2, 0.25) is 0 Å². The van der Waals surface area contributed by atoms with E-state index in [0.29, 0.717) is 12.5 Å². The number of amides is 1. The van der Waals surface area contributed by atoms with Crippen molar-refractivity contribution in [1.82, 2.24) is 4.90 Å². The molecule has 1 unspecified atom stereocenters. The number of likely N-dealkylation sites (tertiary alicyclic amines) is 1. The molecule has 2 heterocycles. The Morgan fingerprint density at radius 2 is 1.75 bits per heavy atom. The van der Waals surface area contributed by atoms with Crippen LogP contribution in [-0.2, 0) is 4.79 Å². The summed E-state index contributed by atoms with van der Waals surface area (Å²) in [6.07, 6.45) is 4.94. The fourth-order valence-corrected chi connectivity index (χ4v) is 3.76. The molecule has 0 spiro atoms. The number of carbonyl (C=O) groups excluding carboxylic acids is 1. The highest BCUT2D eigenvalue weighted by atomic mass is 16.2. The van der Waals surface area contributed by atoms with E-state index in [2.05, 4.69) is 48.3 Å². The van der Waals surface area contributed by atoms with Crippen molar-refractivity contribution < 1.29 is 4.79 Å². The van der Waals surface area contributed by atoms with E-state index in [0.717, 1.165) is 44.2 Å². The van der Waals surface area contributed by atoms with Crippen molar-refractivity contribution in [1.29, 1.82) is 0 Å². The van der Waals surface area contributed by atoms with Crippen molar-refractivity contribution in [3.8, 4) is 0 Å². The molecule has 1 N–H and O–H groups in total. The fraction of sp³-hybridized carbons (Fsp3) is 0.650. The molecule has 2 saturated heterocycles. The van der Waals surface area contributed by atoms with Gasteiger partial charge in [0.1, 0.15) is 0 Å². The molecular weight excluding hydrogens is 298 g/mol. The van der Waals surface area contributed by atoms with Crippen molar-refractivity contribution in [2.75, 3.05) is 42.9 Å². The van der Waals surface area contributed by atoms with Crippen molar-refractivity contribution in [2.45, 2.75) is 39.5 Å². The number of carbonyl (C=O) groups is 1. The minimum Gasteiger partial charge on any atom is -0.376 e. The van der Waals surface area contributed by atoms with Crippen LogP contribution in [0.4, 0.5) is 11.4 Å². The maximum absolute atomic E-state index is 12.3. The summed E-state index contributed by atoms with van der Waals surface area (Å²) >= 11 is 0. The molecule has 2 fully saturated rings. The Labute approximate surface area is 146 Å². The predicted octanol–water partition coefficient (Wildman–Crippen LogP) is 3.59. The van der Waals surface area contributed by atoms with E-state index in [1.807, 2.05) is 4.90 Å². The summed E-state index contributed by atoms with van der Waals surface area (Å²) in [5.41, 5.74) is 2.33. The van der Waals surface area contributed by atoms with Gasteiger partial charge in [-0.1, -0.05) is 13.8 Å². The number of nitrogens with zero attached hydrogens (tertiary/aromatic N) is 2. The van der Waals surface area contributed by atoms with Crippen molar-refractivity contribution in [3.05, 3.63) is 24.3 Å². The molecule has 1 atom stereocenters. The number of anilines is 2. The van der Waals surface area contributed by atoms with Gasteiger partial charge in [-0.05, 0) is 61.8 Å². The van der Waals surface area contributed by atoms with Gasteiger partial charge < -0.3 is 15.1 Å². The average molecular weight is 329 g/mol. The van der Waals surface area contributed by atoms with Crippen LogP contribution in [0.25, 0.3) is 0 Å². The summed E-state index contributed by atoms with van der Waals surface area (Å²) in [5, 5.41) is 3.28. The fourth-order valence-electron chi connectivity index (χ4n) is 3.76. The van der Waals surface area contributed by atoms with E-state index in [4.69, 9.17) is 0 Å². The first-order chi connectivity index (χ1) is 11.6. The number of hydrogen-bond acceptors (Lipinski definition) is 3. The SMILES string of the molecule is CC1CCN(c2ccc(NCC(=O)N3CCCC(C)C3)cc2)CC1.